The van der Waals surface area contributed by atoms with Crippen LogP contribution < -0.4 is 0 Å². The van der Waals surface area contributed by atoms with Crippen molar-refractivity contribution in [2.75, 3.05) is 0 Å². The first-order chi connectivity index (χ1) is 5.36. The summed E-state index contributed by atoms with van der Waals surface area (Å²) in [5, 5.41) is 9.12. The molecule has 0 radical (unpaired) electrons. The number of hydrogen-bond donors (Lipinski definition) is 0. The summed E-state index contributed by atoms with van der Waals surface area (Å²) < 4.78 is 0. The summed E-state index contributed by atoms with van der Waals surface area (Å²) in [5.41, 5.74) is 1.96. The maximum absolute atomic E-state index is 8.36. The zero-order chi connectivity index (χ0) is 8.10. The minimum absolute atomic E-state index is 0.440. The lowest BCUT2D eigenvalue weighted by atomic mass is 10.2. The molecule has 0 fully saturated rings. The molecule has 0 saturated heterocycles. The van der Waals surface area contributed by atoms with Crippen LogP contribution in [0.3, 0.4) is 0 Å². The summed E-state index contributed by atoms with van der Waals surface area (Å²) in [5.74, 6) is 0. The SMILES string of the molecule is N#CCc1ccc(CBr)nc1. The molecule has 0 aliphatic heterocycles. The van der Waals surface area contributed by atoms with Crippen LogP contribution in [-0.2, 0) is 11.8 Å². The molecule has 1 aromatic heterocycles. The minimum Gasteiger partial charge on any atom is -0.260 e. The average Bonchev–Trinajstić information content (AvgIpc) is 2.07. The van der Waals surface area contributed by atoms with E-state index in [0.29, 0.717) is 6.42 Å². The third-order valence-corrected chi connectivity index (χ3v) is 1.88. The number of rotatable bonds is 2. The first-order valence-corrected chi connectivity index (χ1v) is 4.35. The topological polar surface area (TPSA) is 36.7 Å². The lowest BCUT2D eigenvalue weighted by Gasteiger charge is -1.95. The maximum Gasteiger partial charge on any atom is 0.0670 e. The normalized spacial score (nSPS) is 9.09. The molecule has 1 heterocycles. The van der Waals surface area contributed by atoms with Crippen molar-refractivity contribution in [1.82, 2.24) is 4.98 Å². The minimum atomic E-state index is 0.440. The molecule has 3 heteroatoms. The second-order valence-electron chi connectivity index (χ2n) is 2.13. The lowest BCUT2D eigenvalue weighted by Crippen LogP contribution is -1.87. The first-order valence-electron chi connectivity index (χ1n) is 3.23. The van der Waals surface area contributed by atoms with Gasteiger partial charge in [0.05, 0.1) is 18.2 Å². The summed E-state index contributed by atoms with van der Waals surface area (Å²) in [6.07, 6.45) is 2.18. The molecule has 1 aromatic rings. The van der Waals surface area contributed by atoms with Crippen LogP contribution in [0.25, 0.3) is 0 Å². The van der Waals surface area contributed by atoms with Crippen LogP contribution >= 0.6 is 15.9 Å². The fourth-order valence-electron chi connectivity index (χ4n) is 0.730. The van der Waals surface area contributed by atoms with E-state index in [1.807, 2.05) is 12.1 Å². The number of nitrogens with zero attached hydrogens (tertiary/aromatic N) is 2. The van der Waals surface area contributed by atoms with Crippen LogP contribution in [0.5, 0.6) is 0 Å². The second kappa shape index (κ2) is 4.09. The van der Waals surface area contributed by atoms with E-state index in [2.05, 4.69) is 27.0 Å². The van der Waals surface area contributed by atoms with Crippen molar-refractivity contribution in [2.45, 2.75) is 11.8 Å². The van der Waals surface area contributed by atoms with Crippen LogP contribution in [-0.4, -0.2) is 4.98 Å². The van der Waals surface area contributed by atoms with Crippen LogP contribution in [0.1, 0.15) is 11.3 Å². The summed E-state index contributed by atoms with van der Waals surface area (Å²) >= 11 is 3.29. The second-order valence-corrected chi connectivity index (χ2v) is 2.69. The highest BCUT2D eigenvalue weighted by atomic mass is 79.9. The fraction of sp³-hybridized carbons (Fsp3) is 0.250. The maximum atomic E-state index is 8.36. The van der Waals surface area contributed by atoms with Gasteiger partial charge in [0.25, 0.3) is 0 Å². The Labute approximate surface area is 74.0 Å². The van der Waals surface area contributed by atoms with E-state index in [4.69, 9.17) is 5.26 Å². The fourth-order valence-corrected chi connectivity index (χ4v) is 1.06. The molecule has 1 rings (SSSR count). The van der Waals surface area contributed by atoms with Gasteiger partial charge in [0.2, 0.25) is 0 Å². The Balaban J connectivity index is 2.76. The lowest BCUT2D eigenvalue weighted by molar-refractivity contribution is 1.13. The Bertz CT molecular complexity index is 260. The molecule has 0 aliphatic carbocycles. The highest BCUT2D eigenvalue weighted by molar-refractivity contribution is 9.08. The van der Waals surface area contributed by atoms with E-state index < -0.39 is 0 Å². The van der Waals surface area contributed by atoms with Gasteiger partial charge in [-0.3, -0.25) is 4.98 Å². The Morgan fingerprint density at radius 1 is 1.55 bits per heavy atom. The molecule has 0 aromatic carbocycles. The number of pyridine rings is 1. The van der Waals surface area contributed by atoms with Crippen molar-refractivity contribution in [2.24, 2.45) is 0 Å². The number of alkyl halides is 1. The van der Waals surface area contributed by atoms with Gasteiger partial charge in [0.15, 0.2) is 0 Å². The first kappa shape index (κ1) is 8.22. The molecule has 56 valence electrons. The molecule has 0 spiro atoms. The van der Waals surface area contributed by atoms with Crippen LogP contribution in [0.15, 0.2) is 18.3 Å². The van der Waals surface area contributed by atoms with E-state index in [1.165, 1.54) is 0 Å². The molecule has 0 amide bonds. The zero-order valence-corrected chi connectivity index (χ0v) is 7.50. The van der Waals surface area contributed by atoms with Gasteiger partial charge < -0.3 is 0 Å². The summed E-state index contributed by atoms with van der Waals surface area (Å²) in [6, 6.07) is 5.91. The van der Waals surface area contributed by atoms with Gasteiger partial charge in [0.1, 0.15) is 0 Å². The van der Waals surface area contributed by atoms with E-state index >= 15 is 0 Å². The molecule has 0 N–H and O–H groups in total. The largest absolute Gasteiger partial charge is 0.260 e. The van der Waals surface area contributed by atoms with Gasteiger partial charge in [-0.1, -0.05) is 22.0 Å². The Morgan fingerprint density at radius 2 is 2.36 bits per heavy atom. The Kier molecular flexibility index (Phi) is 3.06. The highest BCUT2D eigenvalue weighted by Crippen LogP contribution is 2.03. The van der Waals surface area contributed by atoms with Crippen molar-refractivity contribution in [3.8, 4) is 6.07 Å². The monoisotopic (exact) mass is 210 g/mol. The number of halogens is 1. The Morgan fingerprint density at radius 3 is 2.82 bits per heavy atom. The van der Waals surface area contributed by atoms with Crippen molar-refractivity contribution < 1.29 is 0 Å². The molecular formula is C8H7BrN2. The molecule has 0 unspecified atom stereocenters. The summed E-state index contributed by atoms with van der Waals surface area (Å²) in [7, 11) is 0. The van der Waals surface area contributed by atoms with E-state index in [9.17, 15) is 0 Å². The van der Waals surface area contributed by atoms with Crippen LogP contribution in [0.4, 0.5) is 0 Å². The average molecular weight is 211 g/mol. The van der Waals surface area contributed by atoms with Crippen molar-refractivity contribution in [1.29, 1.82) is 5.26 Å². The van der Waals surface area contributed by atoms with Gasteiger partial charge >= 0.3 is 0 Å². The van der Waals surface area contributed by atoms with E-state index in [0.717, 1.165) is 16.6 Å². The number of aromatic nitrogens is 1. The predicted octanol–water partition coefficient (Wildman–Crippen LogP) is 2.04. The van der Waals surface area contributed by atoms with Gasteiger partial charge in [-0.25, -0.2) is 0 Å². The quantitative estimate of drug-likeness (QED) is 0.702. The summed E-state index contributed by atoms with van der Waals surface area (Å²) in [4.78, 5) is 4.12. The predicted molar refractivity (Wildman–Crippen MR) is 46.2 cm³/mol. The van der Waals surface area contributed by atoms with Crippen molar-refractivity contribution in [3.63, 3.8) is 0 Å². The molecule has 0 aliphatic rings. The number of nitriles is 1. The van der Waals surface area contributed by atoms with Gasteiger partial charge in [0, 0.05) is 11.5 Å². The third-order valence-electron chi connectivity index (χ3n) is 1.31. The van der Waals surface area contributed by atoms with Crippen molar-refractivity contribution in [3.05, 3.63) is 29.6 Å². The molecule has 0 atom stereocenters. The molecule has 0 bridgehead atoms. The van der Waals surface area contributed by atoms with Crippen molar-refractivity contribution >= 4 is 15.9 Å². The standard InChI is InChI=1S/C8H7BrN2/c9-5-8-2-1-7(3-4-10)6-11-8/h1-2,6H,3,5H2. The molecular weight excluding hydrogens is 204 g/mol. The zero-order valence-electron chi connectivity index (χ0n) is 5.92. The third kappa shape index (κ3) is 2.32. The van der Waals surface area contributed by atoms with Crippen LogP contribution in [0.2, 0.25) is 0 Å². The number of hydrogen-bond acceptors (Lipinski definition) is 2. The molecule has 2 nitrogen and oxygen atoms in total. The van der Waals surface area contributed by atoms with Gasteiger partial charge in [-0.2, -0.15) is 5.26 Å². The van der Waals surface area contributed by atoms with E-state index in [1.54, 1.807) is 6.20 Å². The summed E-state index contributed by atoms with van der Waals surface area (Å²) in [6.45, 7) is 0. The highest BCUT2D eigenvalue weighted by Gasteiger charge is 1.92. The van der Waals surface area contributed by atoms with Gasteiger partial charge in [-0.15, -0.1) is 0 Å². The molecule has 11 heavy (non-hydrogen) atoms. The molecule has 0 saturated carbocycles. The van der Waals surface area contributed by atoms with Crippen LogP contribution in [0, 0.1) is 11.3 Å². The smallest absolute Gasteiger partial charge is 0.0670 e. The van der Waals surface area contributed by atoms with E-state index in [-0.39, 0.29) is 0 Å². The van der Waals surface area contributed by atoms with Gasteiger partial charge in [-0.05, 0) is 11.6 Å². The Hall–Kier alpha value is -0.880.